The maximum atomic E-state index is 6.05. The zero-order valence-corrected chi connectivity index (χ0v) is 11.5. The molecule has 1 saturated heterocycles. The molecule has 0 aromatic heterocycles. The van der Waals surface area contributed by atoms with Gasteiger partial charge in [-0.15, -0.1) is 0 Å². The van der Waals surface area contributed by atoms with Gasteiger partial charge in [0, 0.05) is 24.0 Å². The highest BCUT2D eigenvalue weighted by Gasteiger charge is 2.38. The molecule has 1 aromatic rings. The van der Waals surface area contributed by atoms with Gasteiger partial charge >= 0.3 is 0 Å². The van der Waals surface area contributed by atoms with Crippen LogP contribution in [-0.2, 0) is 4.74 Å². The highest BCUT2D eigenvalue weighted by Crippen LogP contribution is 2.43. The first-order chi connectivity index (χ1) is 9.24. The lowest BCUT2D eigenvalue weighted by Crippen LogP contribution is -2.45. The van der Waals surface area contributed by atoms with Crippen molar-refractivity contribution in [2.24, 2.45) is 10.7 Å². The molecule has 2 atom stereocenters. The smallest absolute Gasteiger partial charge is 0.191 e. The van der Waals surface area contributed by atoms with Gasteiger partial charge in [-0.25, -0.2) is 4.99 Å². The first-order valence-corrected chi connectivity index (χ1v) is 7.03. The predicted molar refractivity (Wildman–Crippen MR) is 76.6 cm³/mol. The van der Waals surface area contributed by atoms with Gasteiger partial charge in [0.15, 0.2) is 5.96 Å². The third-order valence-electron chi connectivity index (χ3n) is 3.69. The Morgan fingerprint density at radius 2 is 1.95 bits per heavy atom. The fourth-order valence-corrected chi connectivity index (χ4v) is 2.56. The number of rotatable bonds is 2. The lowest BCUT2D eigenvalue weighted by molar-refractivity contribution is 0.0674. The molecule has 0 bridgehead atoms. The van der Waals surface area contributed by atoms with Crippen molar-refractivity contribution in [3.8, 4) is 0 Å². The van der Waals surface area contributed by atoms with E-state index in [-0.39, 0.29) is 0 Å². The van der Waals surface area contributed by atoms with Crippen LogP contribution in [0.3, 0.4) is 0 Å². The van der Waals surface area contributed by atoms with E-state index in [0.717, 1.165) is 37.7 Å². The van der Waals surface area contributed by atoms with Gasteiger partial charge in [0.05, 0.1) is 19.3 Å². The summed E-state index contributed by atoms with van der Waals surface area (Å²) in [5.41, 5.74) is 7.35. The SMILES string of the molecule is NC(=N[C@@H]1C[C@H]1c1ccc(Cl)cc1)N1CCOCC1. The standard InChI is InChI=1S/C14H18ClN3O/c15-11-3-1-10(2-4-11)12-9-13(12)17-14(16)18-5-7-19-8-6-18/h1-4,12-13H,5-9H2,(H2,16,17)/t12-,13+/m0/s1. The third kappa shape index (κ3) is 3.01. The summed E-state index contributed by atoms with van der Waals surface area (Å²) in [7, 11) is 0. The number of halogens is 1. The Balaban J connectivity index is 1.61. The van der Waals surface area contributed by atoms with Crippen LogP contribution >= 0.6 is 11.6 Å². The van der Waals surface area contributed by atoms with Gasteiger partial charge in [0.1, 0.15) is 0 Å². The molecule has 4 nitrogen and oxygen atoms in total. The molecule has 1 aliphatic heterocycles. The second-order valence-electron chi connectivity index (χ2n) is 5.05. The lowest BCUT2D eigenvalue weighted by Gasteiger charge is -2.27. The molecule has 0 radical (unpaired) electrons. The van der Waals surface area contributed by atoms with E-state index in [4.69, 9.17) is 22.1 Å². The number of ether oxygens (including phenoxy) is 1. The van der Waals surface area contributed by atoms with E-state index in [1.54, 1.807) is 0 Å². The van der Waals surface area contributed by atoms with E-state index in [1.165, 1.54) is 5.56 Å². The maximum Gasteiger partial charge on any atom is 0.191 e. The van der Waals surface area contributed by atoms with Crippen molar-refractivity contribution in [2.75, 3.05) is 26.3 Å². The van der Waals surface area contributed by atoms with Gasteiger partial charge in [0.25, 0.3) is 0 Å². The Hall–Kier alpha value is -1.26. The molecule has 1 heterocycles. The molecule has 3 rings (SSSR count). The maximum absolute atomic E-state index is 6.05. The molecule has 1 aliphatic carbocycles. The minimum atomic E-state index is 0.323. The molecular weight excluding hydrogens is 262 g/mol. The summed E-state index contributed by atoms with van der Waals surface area (Å²) in [6.07, 6.45) is 1.08. The molecule has 2 aliphatic rings. The van der Waals surface area contributed by atoms with Crippen molar-refractivity contribution >= 4 is 17.6 Å². The number of aliphatic imine (C=N–C) groups is 1. The van der Waals surface area contributed by atoms with Gasteiger partial charge in [-0.2, -0.15) is 0 Å². The summed E-state index contributed by atoms with van der Waals surface area (Å²) in [6.45, 7) is 3.16. The molecule has 0 amide bonds. The van der Waals surface area contributed by atoms with Crippen molar-refractivity contribution < 1.29 is 4.74 Å². The monoisotopic (exact) mass is 279 g/mol. The van der Waals surface area contributed by atoms with Crippen LogP contribution in [0.4, 0.5) is 0 Å². The van der Waals surface area contributed by atoms with Gasteiger partial charge < -0.3 is 15.4 Å². The number of hydrogen-bond donors (Lipinski definition) is 1. The van der Waals surface area contributed by atoms with Crippen LogP contribution in [-0.4, -0.2) is 43.2 Å². The van der Waals surface area contributed by atoms with Crippen LogP contribution in [0.5, 0.6) is 0 Å². The van der Waals surface area contributed by atoms with Crippen LogP contribution in [0, 0.1) is 0 Å². The van der Waals surface area contributed by atoms with Crippen LogP contribution in [0.1, 0.15) is 17.9 Å². The van der Waals surface area contributed by atoms with Crippen LogP contribution in [0.2, 0.25) is 5.02 Å². The van der Waals surface area contributed by atoms with E-state index >= 15 is 0 Å². The fraction of sp³-hybridized carbons (Fsp3) is 0.500. The summed E-state index contributed by atoms with van der Waals surface area (Å²) in [5.74, 6) is 1.15. The zero-order valence-electron chi connectivity index (χ0n) is 10.8. The molecule has 2 fully saturated rings. The van der Waals surface area contributed by atoms with Crippen LogP contribution in [0.15, 0.2) is 29.3 Å². The minimum Gasteiger partial charge on any atom is -0.378 e. The van der Waals surface area contributed by atoms with E-state index in [0.29, 0.717) is 17.9 Å². The summed E-state index contributed by atoms with van der Waals surface area (Å²) >= 11 is 5.89. The highest BCUT2D eigenvalue weighted by atomic mass is 35.5. The van der Waals surface area contributed by atoms with E-state index in [2.05, 4.69) is 22.0 Å². The van der Waals surface area contributed by atoms with Crippen LogP contribution < -0.4 is 5.73 Å². The molecule has 102 valence electrons. The minimum absolute atomic E-state index is 0.323. The molecule has 1 saturated carbocycles. The molecule has 0 unspecified atom stereocenters. The molecule has 1 aromatic carbocycles. The number of benzene rings is 1. The Labute approximate surface area is 118 Å². The first-order valence-electron chi connectivity index (χ1n) is 6.65. The summed E-state index contributed by atoms with van der Waals surface area (Å²) in [5, 5.41) is 0.775. The first kappa shape index (κ1) is 12.8. The number of nitrogens with zero attached hydrogens (tertiary/aromatic N) is 2. The summed E-state index contributed by atoms with van der Waals surface area (Å²) in [6, 6.07) is 8.34. The van der Waals surface area contributed by atoms with Gasteiger partial charge in [0.2, 0.25) is 0 Å². The third-order valence-corrected chi connectivity index (χ3v) is 3.94. The predicted octanol–water partition coefficient (Wildman–Crippen LogP) is 1.84. The number of hydrogen-bond acceptors (Lipinski definition) is 2. The fourth-order valence-electron chi connectivity index (χ4n) is 2.44. The number of nitrogens with two attached hydrogens (primary N) is 1. The Bertz CT molecular complexity index is 468. The van der Waals surface area contributed by atoms with Crippen LogP contribution in [0.25, 0.3) is 0 Å². The van der Waals surface area contributed by atoms with Gasteiger partial charge in [-0.1, -0.05) is 23.7 Å². The quantitative estimate of drug-likeness (QED) is 0.664. The van der Waals surface area contributed by atoms with E-state index in [9.17, 15) is 0 Å². The average Bonchev–Trinajstić information content (AvgIpc) is 3.20. The van der Waals surface area contributed by atoms with Gasteiger partial charge in [-0.3, -0.25) is 0 Å². The van der Waals surface area contributed by atoms with Crippen molar-refractivity contribution in [2.45, 2.75) is 18.4 Å². The normalized spacial score (nSPS) is 27.4. The molecular formula is C14H18ClN3O. The van der Waals surface area contributed by atoms with E-state index in [1.807, 2.05) is 12.1 Å². The molecule has 5 heteroatoms. The molecule has 19 heavy (non-hydrogen) atoms. The Morgan fingerprint density at radius 3 is 2.63 bits per heavy atom. The van der Waals surface area contributed by atoms with E-state index < -0.39 is 0 Å². The lowest BCUT2D eigenvalue weighted by atomic mass is 10.1. The summed E-state index contributed by atoms with van der Waals surface area (Å²) in [4.78, 5) is 6.72. The topological polar surface area (TPSA) is 50.8 Å². The number of morpholine rings is 1. The second kappa shape index (κ2) is 5.39. The Morgan fingerprint density at radius 1 is 1.26 bits per heavy atom. The van der Waals surface area contributed by atoms with Gasteiger partial charge in [-0.05, 0) is 24.1 Å². The Kier molecular flexibility index (Phi) is 3.62. The zero-order chi connectivity index (χ0) is 13.2. The van der Waals surface area contributed by atoms with Crippen molar-refractivity contribution in [3.05, 3.63) is 34.9 Å². The summed E-state index contributed by atoms with van der Waals surface area (Å²) < 4.78 is 5.31. The second-order valence-corrected chi connectivity index (χ2v) is 5.48. The largest absolute Gasteiger partial charge is 0.378 e. The van der Waals surface area contributed by atoms with Crippen molar-refractivity contribution in [1.29, 1.82) is 0 Å². The van der Waals surface area contributed by atoms with Crippen molar-refractivity contribution in [3.63, 3.8) is 0 Å². The molecule has 0 spiro atoms. The highest BCUT2D eigenvalue weighted by molar-refractivity contribution is 6.30. The number of guanidine groups is 1. The van der Waals surface area contributed by atoms with Crippen molar-refractivity contribution in [1.82, 2.24) is 4.90 Å². The molecule has 2 N–H and O–H groups in total. The average molecular weight is 280 g/mol.